The van der Waals surface area contributed by atoms with E-state index < -0.39 is 5.97 Å². The molecule has 0 bridgehead atoms. The van der Waals surface area contributed by atoms with Gasteiger partial charge in [-0.2, -0.15) is 0 Å². The molecule has 1 atom stereocenters. The lowest BCUT2D eigenvalue weighted by Crippen LogP contribution is -2.28. The standard InChI is InChI=1S/C13H21NO2/c1-9-6-7-10(2)14(9)11(8-12(15)16)13(3,4)5/h6-7,11H,8H2,1-5H3,(H,15,16). The highest BCUT2D eigenvalue weighted by molar-refractivity contribution is 5.67. The molecule has 0 saturated heterocycles. The molecular weight excluding hydrogens is 202 g/mol. The molecule has 1 rings (SSSR count). The lowest BCUT2D eigenvalue weighted by atomic mass is 9.84. The number of hydrogen-bond donors (Lipinski definition) is 1. The Bertz CT molecular complexity index is 366. The van der Waals surface area contributed by atoms with E-state index in [4.69, 9.17) is 5.11 Å². The van der Waals surface area contributed by atoms with Crippen LogP contribution in [-0.2, 0) is 4.79 Å². The molecule has 0 amide bonds. The molecule has 1 heterocycles. The van der Waals surface area contributed by atoms with Crippen LogP contribution in [0.5, 0.6) is 0 Å². The molecule has 0 fully saturated rings. The molecule has 3 nitrogen and oxygen atoms in total. The van der Waals surface area contributed by atoms with Crippen LogP contribution in [0.1, 0.15) is 44.6 Å². The van der Waals surface area contributed by atoms with Gasteiger partial charge in [0.25, 0.3) is 0 Å². The Balaban J connectivity index is 3.16. The number of aromatic nitrogens is 1. The topological polar surface area (TPSA) is 42.2 Å². The van der Waals surface area contributed by atoms with Crippen LogP contribution >= 0.6 is 0 Å². The molecule has 0 aliphatic rings. The quantitative estimate of drug-likeness (QED) is 0.855. The molecule has 0 saturated carbocycles. The zero-order chi connectivity index (χ0) is 12.5. The van der Waals surface area contributed by atoms with Gasteiger partial charge in [0.1, 0.15) is 0 Å². The van der Waals surface area contributed by atoms with Gasteiger partial charge in [0.05, 0.1) is 6.42 Å². The van der Waals surface area contributed by atoms with Crippen molar-refractivity contribution in [2.75, 3.05) is 0 Å². The number of carboxylic acids is 1. The van der Waals surface area contributed by atoms with E-state index in [-0.39, 0.29) is 17.9 Å². The summed E-state index contributed by atoms with van der Waals surface area (Å²) in [6.07, 6.45) is 0.167. The monoisotopic (exact) mass is 223 g/mol. The summed E-state index contributed by atoms with van der Waals surface area (Å²) in [4.78, 5) is 11.0. The van der Waals surface area contributed by atoms with Gasteiger partial charge in [-0.05, 0) is 31.4 Å². The van der Waals surface area contributed by atoms with Gasteiger partial charge in [-0.1, -0.05) is 20.8 Å². The van der Waals surface area contributed by atoms with Gasteiger partial charge in [-0.15, -0.1) is 0 Å². The molecule has 0 aliphatic heterocycles. The SMILES string of the molecule is Cc1ccc(C)n1C(CC(=O)O)C(C)(C)C. The molecule has 3 heteroatoms. The van der Waals surface area contributed by atoms with Crippen LogP contribution in [0.15, 0.2) is 12.1 Å². The number of hydrogen-bond acceptors (Lipinski definition) is 1. The highest BCUT2D eigenvalue weighted by Gasteiger charge is 2.29. The number of rotatable bonds is 3. The Hall–Kier alpha value is -1.25. The first-order valence-electron chi connectivity index (χ1n) is 5.59. The number of aryl methyl sites for hydroxylation is 2. The van der Waals surface area contributed by atoms with E-state index >= 15 is 0 Å². The van der Waals surface area contributed by atoms with Crippen LogP contribution in [-0.4, -0.2) is 15.6 Å². The Morgan fingerprint density at radius 1 is 1.31 bits per heavy atom. The summed E-state index contributed by atoms with van der Waals surface area (Å²) >= 11 is 0. The first-order valence-corrected chi connectivity index (χ1v) is 5.59. The summed E-state index contributed by atoms with van der Waals surface area (Å²) in [5.41, 5.74) is 2.18. The van der Waals surface area contributed by atoms with Crippen LogP contribution in [0.2, 0.25) is 0 Å². The van der Waals surface area contributed by atoms with E-state index in [9.17, 15) is 4.79 Å². The number of carbonyl (C=O) groups is 1. The Morgan fingerprint density at radius 3 is 2.06 bits per heavy atom. The second kappa shape index (κ2) is 4.32. The van der Waals surface area contributed by atoms with Gasteiger partial charge in [0.15, 0.2) is 0 Å². The van der Waals surface area contributed by atoms with E-state index in [1.165, 1.54) is 0 Å². The third-order valence-corrected chi connectivity index (χ3v) is 3.01. The van der Waals surface area contributed by atoms with Gasteiger partial charge in [0, 0.05) is 17.4 Å². The van der Waals surface area contributed by atoms with E-state index in [0.717, 1.165) is 11.4 Å². The van der Waals surface area contributed by atoms with Crippen molar-refractivity contribution < 1.29 is 9.90 Å². The van der Waals surface area contributed by atoms with E-state index in [2.05, 4.69) is 25.3 Å². The maximum atomic E-state index is 11.0. The van der Waals surface area contributed by atoms with Crippen molar-refractivity contribution in [3.8, 4) is 0 Å². The molecular formula is C13H21NO2. The molecule has 1 aromatic rings. The summed E-state index contributed by atoms with van der Waals surface area (Å²) in [5, 5.41) is 9.01. The van der Waals surface area contributed by atoms with Crippen LogP contribution in [0.4, 0.5) is 0 Å². The van der Waals surface area contributed by atoms with Crippen molar-refractivity contribution in [1.82, 2.24) is 4.57 Å². The molecule has 0 aromatic carbocycles. The lowest BCUT2D eigenvalue weighted by molar-refractivity contribution is -0.138. The number of nitrogens with zero attached hydrogens (tertiary/aromatic N) is 1. The van der Waals surface area contributed by atoms with E-state index in [1.54, 1.807) is 0 Å². The summed E-state index contributed by atoms with van der Waals surface area (Å²) in [5.74, 6) is -0.743. The Kier molecular flexibility index (Phi) is 3.46. The summed E-state index contributed by atoms with van der Waals surface area (Å²) in [6, 6.07) is 4.08. The minimum atomic E-state index is -0.743. The van der Waals surface area contributed by atoms with E-state index in [0.29, 0.717) is 0 Å². The third kappa shape index (κ3) is 2.65. The molecule has 0 aliphatic carbocycles. The van der Waals surface area contributed by atoms with Crippen LogP contribution in [0, 0.1) is 19.3 Å². The molecule has 1 unspecified atom stereocenters. The largest absolute Gasteiger partial charge is 0.481 e. The first kappa shape index (κ1) is 12.8. The Morgan fingerprint density at radius 2 is 1.75 bits per heavy atom. The van der Waals surface area contributed by atoms with Crippen LogP contribution < -0.4 is 0 Å². The fourth-order valence-corrected chi connectivity index (χ4v) is 2.12. The zero-order valence-corrected chi connectivity index (χ0v) is 10.7. The molecule has 1 N–H and O–H groups in total. The minimum absolute atomic E-state index is 0.000000000000000666. The molecule has 90 valence electrons. The van der Waals surface area contributed by atoms with Crippen molar-refractivity contribution in [3.63, 3.8) is 0 Å². The van der Waals surface area contributed by atoms with Gasteiger partial charge in [0.2, 0.25) is 0 Å². The average molecular weight is 223 g/mol. The van der Waals surface area contributed by atoms with Crippen molar-refractivity contribution in [2.45, 2.75) is 47.1 Å². The van der Waals surface area contributed by atoms with Crippen molar-refractivity contribution in [2.24, 2.45) is 5.41 Å². The summed E-state index contributed by atoms with van der Waals surface area (Å²) < 4.78 is 2.13. The highest BCUT2D eigenvalue weighted by atomic mass is 16.4. The highest BCUT2D eigenvalue weighted by Crippen LogP contribution is 2.35. The summed E-state index contributed by atoms with van der Waals surface area (Å²) in [7, 11) is 0. The maximum Gasteiger partial charge on any atom is 0.305 e. The van der Waals surface area contributed by atoms with Gasteiger partial charge in [-0.3, -0.25) is 4.79 Å². The second-order valence-corrected chi connectivity index (χ2v) is 5.47. The van der Waals surface area contributed by atoms with E-state index in [1.807, 2.05) is 26.0 Å². The third-order valence-electron chi connectivity index (χ3n) is 3.01. The fraction of sp³-hybridized carbons (Fsp3) is 0.615. The summed E-state index contributed by atoms with van der Waals surface area (Å²) in [6.45, 7) is 10.3. The minimum Gasteiger partial charge on any atom is -0.481 e. The van der Waals surface area contributed by atoms with Crippen molar-refractivity contribution in [1.29, 1.82) is 0 Å². The predicted octanol–water partition coefficient (Wildman–Crippen LogP) is 3.17. The second-order valence-electron chi connectivity index (χ2n) is 5.47. The first-order chi connectivity index (χ1) is 7.23. The predicted molar refractivity (Wildman–Crippen MR) is 64.7 cm³/mol. The number of aliphatic carboxylic acids is 1. The maximum absolute atomic E-state index is 11.0. The molecule has 16 heavy (non-hydrogen) atoms. The average Bonchev–Trinajstić information content (AvgIpc) is 2.41. The zero-order valence-electron chi connectivity index (χ0n) is 10.7. The number of carboxylic acid groups (broad SMARTS) is 1. The van der Waals surface area contributed by atoms with Crippen molar-refractivity contribution in [3.05, 3.63) is 23.5 Å². The lowest BCUT2D eigenvalue weighted by Gasteiger charge is -2.33. The molecule has 0 radical (unpaired) electrons. The normalized spacial score (nSPS) is 13.8. The van der Waals surface area contributed by atoms with Crippen molar-refractivity contribution >= 4 is 5.97 Å². The Labute approximate surface area is 97.1 Å². The fourth-order valence-electron chi connectivity index (χ4n) is 2.12. The smallest absolute Gasteiger partial charge is 0.305 e. The van der Waals surface area contributed by atoms with Gasteiger partial charge in [-0.25, -0.2) is 0 Å². The van der Waals surface area contributed by atoms with Crippen LogP contribution in [0.25, 0.3) is 0 Å². The van der Waals surface area contributed by atoms with Crippen LogP contribution in [0.3, 0.4) is 0 Å². The van der Waals surface area contributed by atoms with Gasteiger partial charge >= 0.3 is 5.97 Å². The van der Waals surface area contributed by atoms with Gasteiger partial charge < -0.3 is 9.67 Å². The molecule has 1 aromatic heterocycles. The molecule has 0 spiro atoms.